The first-order valence-electron chi connectivity index (χ1n) is 11.9. The number of hydrogen-bond donors (Lipinski definition) is 1. The van der Waals surface area contributed by atoms with Crippen LogP contribution in [0.25, 0.3) is 0 Å². The SMILES string of the molecule is C[C@H](CN(CCCOc1cccc(CC(=O)O)c1)CC1C=CC=C(C(F)(F)F)C1Cl)c1ccccc1. The molecule has 1 aliphatic rings. The molecule has 4 nitrogen and oxygen atoms in total. The average Bonchev–Trinajstić information content (AvgIpc) is 2.82. The fourth-order valence-corrected chi connectivity index (χ4v) is 4.71. The molecule has 8 heteroatoms. The van der Waals surface area contributed by atoms with Gasteiger partial charge in [0, 0.05) is 25.6 Å². The van der Waals surface area contributed by atoms with Gasteiger partial charge < -0.3 is 14.7 Å². The first-order chi connectivity index (χ1) is 17.1. The van der Waals surface area contributed by atoms with E-state index in [2.05, 4.69) is 11.8 Å². The van der Waals surface area contributed by atoms with Crippen LogP contribution in [0.5, 0.6) is 5.75 Å². The number of carboxylic acid groups (broad SMARTS) is 1. The van der Waals surface area contributed by atoms with Crippen molar-refractivity contribution in [2.75, 3.05) is 26.2 Å². The predicted molar refractivity (Wildman–Crippen MR) is 136 cm³/mol. The number of hydrogen-bond acceptors (Lipinski definition) is 3. The molecule has 0 heterocycles. The predicted octanol–water partition coefficient (Wildman–Crippen LogP) is 6.47. The third-order valence-electron chi connectivity index (χ3n) is 6.15. The van der Waals surface area contributed by atoms with Gasteiger partial charge in [0.2, 0.25) is 0 Å². The largest absolute Gasteiger partial charge is 0.494 e. The van der Waals surface area contributed by atoms with Crippen molar-refractivity contribution >= 4 is 17.6 Å². The quantitative estimate of drug-likeness (QED) is 0.257. The maximum atomic E-state index is 13.4. The van der Waals surface area contributed by atoms with Gasteiger partial charge in [-0.15, -0.1) is 11.6 Å². The molecule has 2 unspecified atom stereocenters. The Balaban J connectivity index is 1.62. The molecular weight excluding hydrogens is 491 g/mol. The highest BCUT2D eigenvalue weighted by molar-refractivity contribution is 6.23. The second kappa shape index (κ2) is 13.0. The van der Waals surface area contributed by atoms with E-state index >= 15 is 0 Å². The number of ether oxygens (including phenoxy) is 1. The molecule has 3 atom stereocenters. The lowest BCUT2D eigenvalue weighted by Crippen LogP contribution is -2.39. The molecule has 36 heavy (non-hydrogen) atoms. The molecule has 0 saturated heterocycles. The van der Waals surface area contributed by atoms with E-state index in [0.717, 1.165) is 11.6 Å². The molecule has 0 saturated carbocycles. The highest BCUT2D eigenvalue weighted by Crippen LogP contribution is 2.37. The van der Waals surface area contributed by atoms with E-state index in [1.807, 2.05) is 30.3 Å². The van der Waals surface area contributed by atoms with Gasteiger partial charge in [0.15, 0.2) is 0 Å². The Morgan fingerprint density at radius 3 is 2.61 bits per heavy atom. The van der Waals surface area contributed by atoms with Crippen LogP contribution in [0.3, 0.4) is 0 Å². The zero-order valence-electron chi connectivity index (χ0n) is 20.1. The number of carboxylic acids is 1. The minimum absolute atomic E-state index is 0.0782. The third kappa shape index (κ3) is 8.42. The molecule has 0 fully saturated rings. The van der Waals surface area contributed by atoms with E-state index in [9.17, 15) is 18.0 Å². The van der Waals surface area contributed by atoms with E-state index < -0.39 is 29.0 Å². The first kappa shape index (κ1) is 27.8. The molecule has 0 amide bonds. The molecule has 0 aliphatic heterocycles. The van der Waals surface area contributed by atoms with Crippen molar-refractivity contribution < 1.29 is 27.8 Å². The van der Waals surface area contributed by atoms with Crippen LogP contribution < -0.4 is 4.74 Å². The fraction of sp³-hybridized carbons (Fsp3) is 0.393. The Hall–Kier alpha value is -2.77. The molecule has 0 aromatic heterocycles. The summed E-state index contributed by atoms with van der Waals surface area (Å²) in [5.41, 5.74) is 1.10. The maximum absolute atomic E-state index is 13.4. The maximum Gasteiger partial charge on any atom is 0.414 e. The molecule has 0 spiro atoms. The molecule has 0 radical (unpaired) electrons. The van der Waals surface area contributed by atoms with Crippen LogP contribution >= 0.6 is 11.6 Å². The van der Waals surface area contributed by atoms with Crippen LogP contribution in [0.15, 0.2) is 78.4 Å². The van der Waals surface area contributed by atoms with Gasteiger partial charge in [-0.05, 0) is 35.6 Å². The van der Waals surface area contributed by atoms with E-state index in [4.69, 9.17) is 21.4 Å². The second-order valence-electron chi connectivity index (χ2n) is 9.06. The number of allylic oxidation sites excluding steroid dienone is 3. The number of benzene rings is 2. The van der Waals surface area contributed by atoms with E-state index in [0.29, 0.717) is 44.0 Å². The van der Waals surface area contributed by atoms with Gasteiger partial charge in [-0.2, -0.15) is 13.2 Å². The van der Waals surface area contributed by atoms with Gasteiger partial charge in [-0.3, -0.25) is 4.79 Å². The second-order valence-corrected chi connectivity index (χ2v) is 9.53. The summed E-state index contributed by atoms with van der Waals surface area (Å²) in [6.45, 7) is 4.17. The Labute approximate surface area is 215 Å². The number of rotatable bonds is 12. The molecule has 1 N–H and O–H groups in total. The van der Waals surface area contributed by atoms with Crippen LogP contribution in [-0.2, 0) is 11.2 Å². The summed E-state index contributed by atoms with van der Waals surface area (Å²) >= 11 is 6.29. The van der Waals surface area contributed by atoms with Gasteiger partial charge in [0.05, 0.1) is 24.0 Å². The highest BCUT2D eigenvalue weighted by atomic mass is 35.5. The summed E-state index contributed by atoms with van der Waals surface area (Å²) in [7, 11) is 0. The molecule has 2 aromatic carbocycles. The summed E-state index contributed by atoms with van der Waals surface area (Å²) in [4.78, 5) is 13.1. The molecule has 3 rings (SSSR count). The lowest BCUT2D eigenvalue weighted by atomic mass is 9.92. The Kier molecular flexibility index (Phi) is 10.0. The summed E-state index contributed by atoms with van der Waals surface area (Å²) in [5.74, 6) is -0.606. The molecule has 2 aromatic rings. The number of nitrogens with zero attached hydrogens (tertiary/aromatic N) is 1. The van der Waals surface area contributed by atoms with Crippen molar-refractivity contribution in [1.82, 2.24) is 4.90 Å². The average molecular weight is 522 g/mol. The van der Waals surface area contributed by atoms with Gasteiger partial charge in [-0.25, -0.2) is 0 Å². The number of carbonyl (C=O) groups is 1. The van der Waals surface area contributed by atoms with Crippen molar-refractivity contribution in [3.05, 3.63) is 89.5 Å². The summed E-state index contributed by atoms with van der Waals surface area (Å²) in [5, 5.41) is 7.83. The summed E-state index contributed by atoms with van der Waals surface area (Å²) < 4.78 is 46.0. The third-order valence-corrected chi connectivity index (χ3v) is 6.70. The summed E-state index contributed by atoms with van der Waals surface area (Å²) in [6.07, 6.45) is 0.356. The van der Waals surface area contributed by atoms with Crippen LogP contribution in [0.1, 0.15) is 30.4 Å². The molecule has 194 valence electrons. The smallest absolute Gasteiger partial charge is 0.414 e. The first-order valence-corrected chi connectivity index (χ1v) is 12.4. The zero-order chi connectivity index (χ0) is 26.1. The van der Waals surface area contributed by atoms with Gasteiger partial charge in [0.25, 0.3) is 0 Å². The lowest BCUT2D eigenvalue weighted by Gasteiger charge is -2.33. The van der Waals surface area contributed by atoms with Gasteiger partial charge in [-0.1, -0.05) is 67.6 Å². The van der Waals surface area contributed by atoms with Gasteiger partial charge in [0.1, 0.15) is 5.75 Å². The monoisotopic (exact) mass is 521 g/mol. The van der Waals surface area contributed by atoms with Crippen LogP contribution in [0.2, 0.25) is 0 Å². The Bertz CT molecular complexity index is 1060. The van der Waals surface area contributed by atoms with E-state index in [1.54, 1.807) is 30.3 Å². The number of halogens is 4. The van der Waals surface area contributed by atoms with Crippen molar-refractivity contribution in [1.29, 1.82) is 0 Å². The van der Waals surface area contributed by atoms with E-state index in [1.165, 1.54) is 6.08 Å². The van der Waals surface area contributed by atoms with Crippen molar-refractivity contribution in [2.24, 2.45) is 5.92 Å². The number of alkyl halides is 4. The van der Waals surface area contributed by atoms with Crippen LogP contribution in [0, 0.1) is 5.92 Å². The highest BCUT2D eigenvalue weighted by Gasteiger charge is 2.41. The van der Waals surface area contributed by atoms with Crippen molar-refractivity contribution in [2.45, 2.75) is 37.2 Å². The fourth-order valence-electron chi connectivity index (χ4n) is 4.35. The molecule has 1 aliphatic carbocycles. The molecular formula is C28H31ClF3NO3. The van der Waals surface area contributed by atoms with E-state index in [-0.39, 0.29) is 12.3 Å². The Morgan fingerprint density at radius 1 is 1.17 bits per heavy atom. The normalized spacial score (nSPS) is 18.7. The minimum atomic E-state index is -4.46. The molecule has 0 bridgehead atoms. The number of aliphatic carboxylic acids is 1. The van der Waals surface area contributed by atoms with Crippen molar-refractivity contribution in [3.8, 4) is 5.75 Å². The minimum Gasteiger partial charge on any atom is -0.494 e. The Morgan fingerprint density at radius 2 is 1.92 bits per heavy atom. The summed E-state index contributed by atoms with van der Waals surface area (Å²) in [6, 6.07) is 17.0. The van der Waals surface area contributed by atoms with Gasteiger partial charge >= 0.3 is 12.1 Å². The topological polar surface area (TPSA) is 49.8 Å². The standard InChI is InChI=1S/C28H31ClF3NO3/c1-20(22-9-3-2-4-10-22)18-33(19-23-11-6-13-25(27(23)29)28(30,31)32)14-7-15-36-24-12-5-8-21(16-24)17-26(34)35/h2-6,8-13,16,20,23,27H,7,14-15,17-19H2,1H3,(H,34,35)/t20-,23?,27?/m1/s1. The lowest BCUT2D eigenvalue weighted by molar-refractivity contribution is -0.136. The van der Waals surface area contributed by atoms with Crippen LogP contribution in [0.4, 0.5) is 13.2 Å². The van der Waals surface area contributed by atoms with Crippen molar-refractivity contribution in [3.63, 3.8) is 0 Å². The zero-order valence-corrected chi connectivity index (χ0v) is 20.9. The van der Waals surface area contributed by atoms with Crippen LogP contribution in [-0.4, -0.2) is 53.8 Å².